The Morgan fingerprint density at radius 1 is 1.41 bits per heavy atom. The molecule has 1 aliphatic rings. The lowest BCUT2D eigenvalue weighted by Crippen LogP contribution is -2.36. The number of carbonyl (C=O) groups is 2. The first-order valence-electron chi connectivity index (χ1n) is 6.51. The first kappa shape index (κ1) is 14.5. The van der Waals surface area contributed by atoms with Crippen molar-refractivity contribution in [3.05, 3.63) is 51.6 Å². The number of amides is 1. The molecule has 0 aliphatic carbocycles. The topological polar surface area (TPSA) is 86.3 Å². The Balaban J connectivity index is 1.91. The van der Waals surface area contributed by atoms with Crippen LogP contribution in [0.4, 0.5) is 4.39 Å². The van der Waals surface area contributed by atoms with Crippen LogP contribution in [-0.4, -0.2) is 38.6 Å². The van der Waals surface area contributed by atoms with Crippen LogP contribution in [0.3, 0.4) is 0 Å². The molecule has 0 unspecified atom stereocenters. The van der Waals surface area contributed by atoms with Gasteiger partial charge in [-0.2, -0.15) is 5.10 Å². The molecule has 0 spiro atoms. The fourth-order valence-corrected chi connectivity index (χ4v) is 2.68. The quantitative estimate of drug-likeness (QED) is 0.886. The van der Waals surface area contributed by atoms with Gasteiger partial charge in [0, 0.05) is 24.2 Å². The molecule has 1 aromatic carbocycles. The summed E-state index contributed by atoms with van der Waals surface area (Å²) in [6, 6.07) is 3.57. The van der Waals surface area contributed by atoms with Crippen LogP contribution >= 0.6 is 11.6 Å². The van der Waals surface area contributed by atoms with Gasteiger partial charge in [-0.25, -0.2) is 9.18 Å². The standard InChI is InChI=1S/C14H11ClFN3O3/c15-10-2-1-7(16)5-8(10)13(20)19-4-3-11-9(6-19)12(14(21)22)18-17-11/h1-2,5H,3-4,6H2,(H,17,18)(H,21,22). The summed E-state index contributed by atoms with van der Waals surface area (Å²) in [5.74, 6) is -2.15. The largest absolute Gasteiger partial charge is 0.476 e. The number of fused-ring (bicyclic) bond motifs is 1. The molecule has 0 bridgehead atoms. The third-order valence-electron chi connectivity index (χ3n) is 3.58. The number of carboxylic acids is 1. The monoisotopic (exact) mass is 323 g/mol. The molecule has 0 saturated carbocycles. The molecule has 0 radical (unpaired) electrons. The van der Waals surface area contributed by atoms with Gasteiger partial charge in [0.15, 0.2) is 5.69 Å². The Morgan fingerprint density at radius 2 is 2.18 bits per heavy atom. The van der Waals surface area contributed by atoms with Gasteiger partial charge in [0.1, 0.15) is 5.82 Å². The first-order chi connectivity index (χ1) is 10.5. The number of H-pyrrole nitrogens is 1. The number of carboxylic acid groups (broad SMARTS) is 1. The second-order valence-corrected chi connectivity index (χ2v) is 5.34. The van der Waals surface area contributed by atoms with E-state index in [1.807, 2.05) is 0 Å². The number of hydrogen-bond acceptors (Lipinski definition) is 3. The van der Waals surface area contributed by atoms with Crippen molar-refractivity contribution >= 4 is 23.5 Å². The Kier molecular flexibility index (Phi) is 3.58. The Morgan fingerprint density at radius 3 is 2.91 bits per heavy atom. The van der Waals surface area contributed by atoms with Crippen LogP contribution in [0.15, 0.2) is 18.2 Å². The van der Waals surface area contributed by atoms with Gasteiger partial charge in [-0.15, -0.1) is 0 Å². The summed E-state index contributed by atoms with van der Waals surface area (Å²) < 4.78 is 13.3. The summed E-state index contributed by atoms with van der Waals surface area (Å²) in [7, 11) is 0. The minimum absolute atomic E-state index is 0.0606. The van der Waals surface area contributed by atoms with Crippen LogP contribution < -0.4 is 0 Å². The van der Waals surface area contributed by atoms with E-state index in [0.29, 0.717) is 24.2 Å². The van der Waals surface area contributed by atoms with Gasteiger partial charge in [0.2, 0.25) is 0 Å². The van der Waals surface area contributed by atoms with E-state index in [2.05, 4.69) is 10.2 Å². The van der Waals surface area contributed by atoms with Crippen LogP contribution in [0, 0.1) is 5.82 Å². The molecule has 22 heavy (non-hydrogen) atoms. The second-order valence-electron chi connectivity index (χ2n) is 4.94. The maximum absolute atomic E-state index is 13.3. The lowest BCUT2D eigenvalue weighted by atomic mass is 10.0. The van der Waals surface area contributed by atoms with E-state index in [1.54, 1.807) is 0 Å². The average molecular weight is 324 g/mol. The number of benzene rings is 1. The highest BCUT2D eigenvalue weighted by Crippen LogP contribution is 2.24. The third kappa shape index (κ3) is 2.43. The zero-order chi connectivity index (χ0) is 15.9. The second kappa shape index (κ2) is 5.42. The van der Waals surface area contributed by atoms with Gasteiger partial charge in [-0.3, -0.25) is 9.89 Å². The van der Waals surface area contributed by atoms with E-state index < -0.39 is 17.7 Å². The van der Waals surface area contributed by atoms with Crippen molar-refractivity contribution in [2.24, 2.45) is 0 Å². The van der Waals surface area contributed by atoms with Crippen LogP contribution in [0.2, 0.25) is 5.02 Å². The molecule has 2 heterocycles. The highest BCUT2D eigenvalue weighted by molar-refractivity contribution is 6.33. The fourth-order valence-electron chi connectivity index (χ4n) is 2.48. The summed E-state index contributed by atoms with van der Waals surface area (Å²) in [5.41, 5.74) is 1.13. The molecular formula is C14H11ClFN3O3. The predicted molar refractivity (Wildman–Crippen MR) is 75.4 cm³/mol. The van der Waals surface area contributed by atoms with Crippen LogP contribution in [-0.2, 0) is 13.0 Å². The van der Waals surface area contributed by atoms with Crippen molar-refractivity contribution in [3.63, 3.8) is 0 Å². The number of aromatic carboxylic acids is 1. The number of nitrogens with zero attached hydrogens (tertiary/aromatic N) is 2. The summed E-state index contributed by atoms with van der Waals surface area (Å²) in [4.78, 5) is 25.0. The molecule has 0 fully saturated rings. The molecule has 114 valence electrons. The van der Waals surface area contributed by atoms with Gasteiger partial charge < -0.3 is 10.0 Å². The summed E-state index contributed by atoms with van der Waals surface area (Å²) in [5, 5.41) is 15.7. The molecule has 2 N–H and O–H groups in total. The number of rotatable bonds is 2. The molecule has 3 rings (SSSR count). The van der Waals surface area contributed by atoms with E-state index in [9.17, 15) is 14.0 Å². The molecule has 0 atom stereocenters. The molecule has 1 amide bonds. The molecule has 6 nitrogen and oxygen atoms in total. The molecular weight excluding hydrogens is 313 g/mol. The van der Waals surface area contributed by atoms with Crippen LogP contribution in [0.25, 0.3) is 0 Å². The predicted octanol–water partition coefficient (Wildman–Crippen LogP) is 2.10. The fraction of sp³-hybridized carbons (Fsp3) is 0.214. The average Bonchev–Trinajstić information content (AvgIpc) is 2.92. The zero-order valence-corrected chi connectivity index (χ0v) is 12.0. The maximum atomic E-state index is 13.3. The zero-order valence-electron chi connectivity index (χ0n) is 11.3. The van der Waals surface area contributed by atoms with Gasteiger partial charge in [-0.1, -0.05) is 11.6 Å². The smallest absolute Gasteiger partial charge is 0.356 e. The van der Waals surface area contributed by atoms with E-state index in [1.165, 1.54) is 17.0 Å². The van der Waals surface area contributed by atoms with Crippen molar-refractivity contribution in [2.45, 2.75) is 13.0 Å². The van der Waals surface area contributed by atoms with Crippen molar-refractivity contribution in [1.29, 1.82) is 0 Å². The number of halogens is 2. The normalized spacial score (nSPS) is 13.8. The SMILES string of the molecule is O=C(O)c1n[nH]c2c1CN(C(=O)c1cc(F)ccc1Cl)CC2. The number of hydrogen-bond donors (Lipinski definition) is 2. The molecule has 0 saturated heterocycles. The Labute approximate surface area is 129 Å². The summed E-state index contributed by atoms with van der Waals surface area (Å²) in [6.07, 6.45) is 0.453. The van der Waals surface area contributed by atoms with E-state index in [4.69, 9.17) is 16.7 Å². The molecule has 2 aromatic rings. The van der Waals surface area contributed by atoms with E-state index in [-0.39, 0.29) is 22.8 Å². The third-order valence-corrected chi connectivity index (χ3v) is 3.91. The number of nitrogens with one attached hydrogen (secondary N) is 1. The lowest BCUT2D eigenvalue weighted by Gasteiger charge is -2.27. The molecule has 1 aromatic heterocycles. The maximum Gasteiger partial charge on any atom is 0.356 e. The van der Waals surface area contributed by atoms with Gasteiger partial charge >= 0.3 is 5.97 Å². The summed E-state index contributed by atoms with van der Waals surface area (Å²) in [6.45, 7) is 0.471. The number of aromatic nitrogens is 2. The van der Waals surface area contributed by atoms with Gasteiger partial charge in [0.05, 0.1) is 17.1 Å². The van der Waals surface area contributed by atoms with E-state index >= 15 is 0 Å². The number of aromatic amines is 1. The first-order valence-corrected chi connectivity index (χ1v) is 6.89. The van der Waals surface area contributed by atoms with Gasteiger partial charge in [0.25, 0.3) is 5.91 Å². The summed E-state index contributed by atoms with van der Waals surface area (Å²) >= 11 is 5.94. The minimum Gasteiger partial charge on any atom is -0.476 e. The highest BCUT2D eigenvalue weighted by atomic mass is 35.5. The van der Waals surface area contributed by atoms with Crippen molar-refractivity contribution in [2.75, 3.05) is 6.54 Å². The van der Waals surface area contributed by atoms with Crippen molar-refractivity contribution < 1.29 is 19.1 Å². The molecule has 8 heteroatoms. The van der Waals surface area contributed by atoms with Crippen LogP contribution in [0.5, 0.6) is 0 Å². The van der Waals surface area contributed by atoms with Crippen molar-refractivity contribution in [1.82, 2.24) is 15.1 Å². The minimum atomic E-state index is -1.16. The lowest BCUT2D eigenvalue weighted by molar-refractivity contribution is 0.0674. The molecule has 1 aliphatic heterocycles. The van der Waals surface area contributed by atoms with Crippen LogP contribution in [0.1, 0.15) is 32.1 Å². The Bertz CT molecular complexity index is 775. The van der Waals surface area contributed by atoms with Gasteiger partial charge in [-0.05, 0) is 18.2 Å². The Hall–Kier alpha value is -2.41. The van der Waals surface area contributed by atoms with Crippen molar-refractivity contribution in [3.8, 4) is 0 Å². The highest BCUT2D eigenvalue weighted by Gasteiger charge is 2.29. The number of carbonyl (C=O) groups excluding carboxylic acids is 1. The van der Waals surface area contributed by atoms with E-state index in [0.717, 1.165) is 6.07 Å².